The van der Waals surface area contributed by atoms with Crippen LogP contribution < -0.4 is 16.0 Å². The van der Waals surface area contributed by atoms with E-state index < -0.39 is 18.2 Å². The Labute approximate surface area is 237 Å². The van der Waals surface area contributed by atoms with Gasteiger partial charge in [-0.3, -0.25) is 14.4 Å². The molecule has 4 amide bonds. The van der Waals surface area contributed by atoms with Gasteiger partial charge in [0, 0.05) is 41.4 Å². The third kappa shape index (κ3) is 6.22. The zero-order chi connectivity index (χ0) is 28.9. The summed E-state index contributed by atoms with van der Waals surface area (Å²) >= 11 is 0. The SMILES string of the molecule is COC(=O)N[C@@H](C(=O)N1CCC[C@H]1C(=O)Nc1ccc2[nH]c(-c3ccc(NC(C)=O)cc3)cc2c1)c1ccccc1. The summed E-state index contributed by atoms with van der Waals surface area (Å²) in [6.45, 7) is 1.87. The first-order valence-corrected chi connectivity index (χ1v) is 13.3. The number of anilines is 2. The van der Waals surface area contributed by atoms with Crippen molar-refractivity contribution in [2.24, 2.45) is 0 Å². The van der Waals surface area contributed by atoms with Crippen molar-refractivity contribution in [1.82, 2.24) is 15.2 Å². The van der Waals surface area contributed by atoms with Gasteiger partial charge in [0.15, 0.2) is 0 Å². The van der Waals surface area contributed by atoms with E-state index in [0.717, 1.165) is 27.8 Å². The average Bonchev–Trinajstić information content (AvgIpc) is 3.63. The van der Waals surface area contributed by atoms with Crippen molar-refractivity contribution in [2.45, 2.75) is 31.8 Å². The molecule has 41 heavy (non-hydrogen) atoms. The highest BCUT2D eigenvalue weighted by Crippen LogP contribution is 2.29. The van der Waals surface area contributed by atoms with Crippen molar-refractivity contribution < 1.29 is 23.9 Å². The van der Waals surface area contributed by atoms with E-state index in [-0.39, 0.29) is 17.7 Å². The maximum Gasteiger partial charge on any atom is 0.407 e. The number of nitrogens with one attached hydrogen (secondary N) is 4. The summed E-state index contributed by atoms with van der Waals surface area (Å²) < 4.78 is 4.73. The minimum absolute atomic E-state index is 0.128. The molecule has 0 radical (unpaired) electrons. The molecule has 10 heteroatoms. The molecule has 0 spiro atoms. The second kappa shape index (κ2) is 12.0. The summed E-state index contributed by atoms with van der Waals surface area (Å²) in [5.41, 5.74) is 4.69. The van der Waals surface area contributed by atoms with E-state index in [2.05, 4.69) is 20.9 Å². The summed E-state index contributed by atoms with van der Waals surface area (Å²) in [5, 5.41) is 9.24. The number of methoxy groups -OCH3 is 1. The number of carbonyl (C=O) groups is 4. The molecule has 1 fully saturated rings. The van der Waals surface area contributed by atoms with Crippen molar-refractivity contribution in [1.29, 1.82) is 0 Å². The van der Waals surface area contributed by atoms with Gasteiger partial charge in [-0.1, -0.05) is 42.5 Å². The number of benzene rings is 3. The van der Waals surface area contributed by atoms with Crippen LogP contribution in [0.5, 0.6) is 0 Å². The second-order valence-electron chi connectivity index (χ2n) is 9.90. The topological polar surface area (TPSA) is 133 Å². The number of nitrogens with zero attached hydrogens (tertiary/aromatic N) is 1. The van der Waals surface area contributed by atoms with Gasteiger partial charge in [-0.25, -0.2) is 4.79 Å². The van der Waals surface area contributed by atoms with Crippen LogP contribution in [-0.4, -0.2) is 53.4 Å². The van der Waals surface area contributed by atoms with E-state index in [4.69, 9.17) is 4.74 Å². The lowest BCUT2D eigenvalue weighted by atomic mass is 10.0. The maximum atomic E-state index is 13.6. The maximum absolute atomic E-state index is 13.6. The second-order valence-corrected chi connectivity index (χ2v) is 9.90. The number of hydrogen-bond donors (Lipinski definition) is 4. The van der Waals surface area contributed by atoms with Crippen molar-refractivity contribution in [2.75, 3.05) is 24.3 Å². The molecule has 3 aromatic carbocycles. The smallest absolute Gasteiger partial charge is 0.407 e. The minimum atomic E-state index is -0.973. The number of rotatable bonds is 7. The van der Waals surface area contributed by atoms with E-state index in [1.54, 1.807) is 24.3 Å². The Hall–Kier alpha value is -5.12. The van der Waals surface area contributed by atoms with Crippen LogP contribution in [0, 0.1) is 0 Å². The van der Waals surface area contributed by atoms with Gasteiger partial charge in [-0.15, -0.1) is 0 Å². The van der Waals surface area contributed by atoms with Gasteiger partial charge < -0.3 is 30.6 Å². The predicted molar refractivity (Wildman–Crippen MR) is 156 cm³/mol. The molecule has 210 valence electrons. The van der Waals surface area contributed by atoms with Gasteiger partial charge in [0.05, 0.1) is 7.11 Å². The minimum Gasteiger partial charge on any atom is -0.453 e. The Balaban J connectivity index is 1.31. The number of carbonyl (C=O) groups excluding carboxylic acids is 4. The molecule has 4 aromatic rings. The normalized spacial score (nSPS) is 15.3. The fourth-order valence-electron chi connectivity index (χ4n) is 5.11. The number of amides is 4. The van der Waals surface area contributed by atoms with Crippen LogP contribution in [0.4, 0.5) is 16.2 Å². The fraction of sp³-hybridized carbons (Fsp3) is 0.226. The third-order valence-corrected chi connectivity index (χ3v) is 7.07. The first kappa shape index (κ1) is 27.4. The Morgan fingerprint density at radius 1 is 0.927 bits per heavy atom. The highest BCUT2D eigenvalue weighted by molar-refractivity contribution is 6.00. The van der Waals surface area contributed by atoms with Gasteiger partial charge in [0.2, 0.25) is 11.8 Å². The van der Waals surface area contributed by atoms with Crippen LogP contribution >= 0.6 is 0 Å². The van der Waals surface area contributed by atoms with E-state index in [1.807, 2.05) is 54.6 Å². The number of aromatic amines is 1. The predicted octanol–water partition coefficient (Wildman–Crippen LogP) is 4.82. The van der Waals surface area contributed by atoms with Crippen LogP contribution in [0.15, 0.2) is 78.9 Å². The zero-order valence-electron chi connectivity index (χ0n) is 22.8. The lowest BCUT2D eigenvalue weighted by Crippen LogP contribution is -2.48. The van der Waals surface area contributed by atoms with Crippen LogP contribution in [-0.2, 0) is 19.1 Å². The number of hydrogen-bond acceptors (Lipinski definition) is 5. The summed E-state index contributed by atoms with van der Waals surface area (Å²) in [5.74, 6) is -0.782. The van der Waals surface area contributed by atoms with Gasteiger partial charge in [-0.05, 0) is 60.4 Å². The van der Waals surface area contributed by atoms with Crippen molar-refractivity contribution in [3.63, 3.8) is 0 Å². The average molecular weight is 554 g/mol. The van der Waals surface area contributed by atoms with Crippen molar-refractivity contribution >= 4 is 46.1 Å². The molecule has 5 rings (SSSR count). The first-order chi connectivity index (χ1) is 19.8. The largest absolute Gasteiger partial charge is 0.453 e. The molecule has 1 aromatic heterocycles. The zero-order valence-corrected chi connectivity index (χ0v) is 22.8. The molecular weight excluding hydrogens is 522 g/mol. The molecule has 1 saturated heterocycles. The number of ether oxygens (including phenoxy) is 1. The van der Waals surface area contributed by atoms with Gasteiger partial charge in [-0.2, -0.15) is 0 Å². The van der Waals surface area contributed by atoms with Gasteiger partial charge >= 0.3 is 6.09 Å². The van der Waals surface area contributed by atoms with E-state index in [1.165, 1.54) is 18.9 Å². The molecular formula is C31H31N5O5. The lowest BCUT2D eigenvalue weighted by Gasteiger charge is -2.28. The monoisotopic (exact) mass is 553 g/mol. The molecule has 1 aliphatic rings. The molecule has 1 aliphatic heterocycles. The van der Waals surface area contributed by atoms with Gasteiger partial charge in [0.1, 0.15) is 12.1 Å². The summed E-state index contributed by atoms with van der Waals surface area (Å²) in [4.78, 5) is 55.2. The Morgan fingerprint density at radius 3 is 2.37 bits per heavy atom. The summed E-state index contributed by atoms with van der Waals surface area (Å²) in [6, 6.07) is 22.3. The standard InChI is InChI=1S/C31H31N5O5/c1-19(37)32-23-12-10-20(11-13-23)26-18-22-17-24(14-15-25(22)34-26)33-29(38)27-9-6-16-36(27)30(39)28(35-31(40)41-2)21-7-4-3-5-8-21/h3-5,7-8,10-15,17-18,27-28,34H,6,9,16H2,1-2H3,(H,32,37)(H,33,38)(H,35,40)/t27-,28+/m0/s1. The molecule has 0 aliphatic carbocycles. The highest BCUT2D eigenvalue weighted by Gasteiger charge is 2.38. The Kier molecular flexibility index (Phi) is 8.00. The first-order valence-electron chi connectivity index (χ1n) is 13.3. The molecule has 2 heterocycles. The lowest BCUT2D eigenvalue weighted by molar-refractivity contribution is -0.138. The van der Waals surface area contributed by atoms with Crippen LogP contribution in [0.25, 0.3) is 22.2 Å². The van der Waals surface area contributed by atoms with E-state index >= 15 is 0 Å². The van der Waals surface area contributed by atoms with E-state index in [9.17, 15) is 19.2 Å². The van der Waals surface area contributed by atoms with Crippen LogP contribution in [0.3, 0.4) is 0 Å². The number of H-pyrrole nitrogens is 1. The van der Waals surface area contributed by atoms with Gasteiger partial charge in [0.25, 0.3) is 5.91 Å². The number of likely N-dealkylation sites (tertiary alicyclic amines) is 1. The molecule has 0 saturated carbocycles. The molecule has 10 nitrogen and oxygen atoms in total. The third-order valence-electron chi connectivity index (χ3n) is 7.07. The van der Waals surface area contributed by atoms with E-state index in [0.29, 0.717) is 30.6 Å². The van der Waals surface area contributed by atoms with Crippen LogP contribution in [0.2, 0.25) is 0 Å². The number of alkyl carbamates (subject to hydrolysis) is 1. The highest BCUT2D eigenvalue weighted by atomic mass is 16.5. The van der Waals surface area contributed by atoms with Crippen molar-refractivity contribution in [3.05, 3.63) is 84.4 Å². The molecule has 4 N–H and O–H groups in total. The number of fused-ring (bicyclic) bond motifs is 1. The Morgan fingerprint density at radius 2 is 1.66 bits per heavy atom. The Bertz CT molecular complexity index is 1580. The quantitative estimate of drug-likeness (QED) is 0.261. The molecule has 0 bridgehead atoms. The molecule has 0 unspecified atom stereocenters. The summed E-state index contributed by atoms with van der Waals surface area (Å²) in [6.07, 6.45) is 0.461. The van der Waals surface area contributed by atoms with Crippen LogP contribution in [0.1, 0.15) is 31.4 Å². The number of aromatic nitrogens is 1. The van der Waals surface area contributed by atoms with Crippen molar-refractivity contribution in [3.8, 4) is 11.3 Å². The fourth-order valence-corrected chi connectivity index (χ4v) is 5.11. The molecule has 2 atom stereocenters. The summed E-state index contributed by atoms with van der Waals surface area (Å²) in [7, 11) is 1.24.